The average molecular weight is 330 g/mol. The lowest BCUT2D eigenvalue weighted by molar-refractivity contribution is -0.0213. The van der Waals surface area contributed by atoms with Gasteiger partial charge in [-0.15, -0.1) is 0 Å². The molecule has 2 heterocycles. The minimum absolute atomic E-state index is 0.168. The molecule has 10 heteroatoms. The Bertz CT molecular complexity index is 623. The highest BCUT2D eigenvalue weighted by Gasteiger charge is 2.30. The monoisotopic (exact) mass is 330 g/mol. The topological polar surface area (TPSA) is 132 Å². The highest BCUT2D eigenvalue weighted by Crippen LogP contribution is 2.39. The molecule has 4 N–H and O–H groups in total. The van der Waals surface area contributed by atoms with Crippen molar-refractivity contribution in [3.05, 3.63) is 18.6 Å². The van der Waals surface area contributed by atoms with Gasteiger partial charge >= 0.3 is 7.82 Å². The lowest BCUT2D eigenvalue weighted by Gasteiger charge is -2.16. The molecule has 0 amide bonds. The highest BCUT2D eigenvalue weighted by molar-refractivity contribution is 7.46. The van der Waals surface area contributed by atoms with Crippen LogP contribution in [0.2, 0.25) is 0 Å². The van der Waals surface area contributed by atoms with Gasteiger partial charge in [-0.25, -0.2) is 14.5 Å². The van der Waals surface area contributed by atoms with E-state index in [1.807, 2.05) is 0 Å². The molecule has 0 spiro atoms. The van der Waals surface area contributed by atoms with Gasteiger partial charge in [0.25, 0.3) is 0 Å². The second-order valence-electron chi connectivity index (χ2n) is 4.81. The minimum Gasteiger partial charge on any atom is -0.397 e. The van der Waals surface area contributed by atoms with Gasteiger partial charge in [-0.2, -0.15) is 0 Å². The van der Waals surface area contributed by atoms with Crippen molar-refractivity contribution in [2.75, 3.05) is 6.61 Å². The number of aromatic nitrogens is 2. The van der Waals surface area contributed by atoms with Gasteiger partial charge in [-0.3, -0.25) is 9.09 Å². The molecule has 0 aromatic carbocycles. The standard InChI is InChI=1S/C12H19N4O5P/c1-3-14-12-11(8(2)13)15-7-16(12)10-5-4-9(21-10)6-20-22(17,18)19/h3,7,9-10H,2,4-6,13H2,1H3,(H2,17,18,19)/b14-3-. The molecule has 1 aliphatic heterocycles. The Balaban J connectivity index is 2.10. The number of hydrogen-bond acceptors (Lipinski definition) is 6. The van der Waals surface area contributed by atoms with Crippen LogP contribution in [-0.4, -0.2) is 38.3 Å². The average Bonchev–Trinajstić information content (AvgIpc) is 3.02. The number of phosphoric acid groups is 1. The maximum Gasteiger partial charge on any atom is 0.469 e. The van der Waals surface area contributed by atoms with Crippen LogP contribution < -0.4 is 5.73 Å². The van der Waals surface area contributed by atoms with Crippen molar-refractivity contribution >= 4 is 25.6 Å². The zero-order chi connectivity index (χ0) is 16.3. The molecule has 122 valence electrons. The van der Waals surface area contributed by atoms with Crippen LogP contribution in [0.3, 0.4) is 0 Å². The van der Waals surface area contributed by atoms with Crippen molar-refractivity contribution in [1.29, 1.82) is 0 Å². The fourth-order valence-corrected chi connectivity index (χ4v) is 2.60. The summed E-state index contributed by atoms with van der Waals surface area (Å²) in [5.74, 6) is 0.538. The third-order valence-corrected chi connectivity index (χ3v) is 3.63. The molecule has 2 unspecified atom stereocenters. The smallest absolute Gasteiger partial charge is 0.397 e. The van der Waals surface area contributed by atoms with Gasteiger partial charge in [0.1, 0.15) is 11.9 Å². The molecule has 1 aromatic rings. The molecule has 2 atom stereocenters. The Kier molecular flexibility index (Phi) is 5.15. The van der Waals surface area contributed by atoms with E-state index in [1.165, 1.54) is 0 Å². The van der Waals surface area contributed by atoms with Crippen molar-refractivity contribution < 1.29 is 23.6 Å². The van der Waals surface area contributed by atoms with Crippen LogP contribution in [0.25, 0.3) is 5.70 Å². The SMILES string of the molecule is C=C(N)c1ncn(C2CCC(COP(=O)(O)O)O2)c1/N=C\C. The zero-order valence-electron chi connectivity index (χ0n) is 12.1. The van der Waals surface area contributed by atoms with Crippen LogP contribution in [0.5, 0.6) is 0 Å². The third kappa shape index (κ3) is 4.02. The van der Waals surface area contributed by atoms with E-state index in [9.17, 15) is 4.57 Å². The number of nitrogens with two attached hydrogens (primary N) is 1. The van der Waals surface area contributed by atoms with Crippen LogP contribution in [0.4, 0.5) is 5.82 Å². The number of nitrogens with zero attached hydrogens (tertiary/aromatic N) is 3. The molecular formula is C12H19N4O5P. The van der Waals surface area contributed by atoms with Gasteiger partial charge in [-0.05, 0) is 19.8 Å². The fraction of sp³-hybridized carbons (Fsp3) is 0.500. The Morgan fingerprint density at radius 1 is 1.73 bits per heavy atom. The first kappa shape index (κ1) is 16.9. The Labute approximate surface area is 127 Å². The van der Waals surface area contributed by atoms with E-state index in [0.29, 0.717) is 30.1 Å². The predicted octanol–water partition coefficient (Wildman–Crippen LogP) is 1.32. The van der Waals surface area contributed by atoms with Crippen molar-refractivity contribution in [2.24, 2.45) is 10.7 Å². The van der Waals surface area contributed by atoms with Gasteiger partial charge in [-0.1, -0.05) is 6.58 Å². The van der Waals surface area contributed by atoms with Crippen molar-refractivity contribution in [3.8, 4) is 0 Å². The van der Waals surface area contributed by atoms with E-state index in [1.54, 1.807) is 24.0 Å². The van der Waals surface area contributed by atoms with E-state index in [2.05, 4.69) is 21.1 Å². The van der Waals surface area contributed by atoms with Crippen LogP contribution >= 0.6 is 7.82 Å². The van der Waals surface area contributed by atoms with Gasteiger partial charge in [0.05, 0.1) is 24.7 Å². The Morgan fingerprint density at radius 2 is 2.45 bits per heavy atom. The number of phosphoric ester groups is 1. The molecule has 1 fully saturated rings. The summed E-state index contributed by atoms with van der Waals surface area (Å²) in [6, 6.07) is 0. The first-order valence-corrected chi connectivity index (χ1v) is 8.20. The maximum atomic E-state index is 10.7. The number of ether oxygens (including phenoxy) is 1. The molecule has 0 aliphatic carbocycles. The predicted molar refractivity (Wildman–Crippen MR) is 80.4 cm³/mol. The van der Waals surface area contributed by atoms with Crippen LogP contribution in [0.15, 0.2) is 17.9 Å². The fourth-order valence-electron chi connectivity index (χ4n) is 2.24. The first-order valence-electron chi connectivity index (χ1n) is 6.67. The van der Waals surface area contributed by atoms with Gasteiger partial charge < -0.3 is 20.3 Å². The van der Waals surface area contributed by atoms with E-state index in [0.717, 1.165) is 0 Å². The molecule has 0 bridgehead atoms. The van der Waals surface area contributed by atoms with Crippen LogP contribution in [-0.2, 0) is 13.8 Å². The highest BCUT2D eigenvalue weighted by atomic mass is 31.2. The normalized spacial score (nSPS) is 22.5. The number of imidazole rings is 1. The van der Waals surface area contributed by atoms with Crippen molar-refractivity contribution in [1.82, 2.24) is 9.55 Å². The lowest BCUT2D eigenvalue weighted by Crippen LogP contribution is -2.15. The second kappa shape index (κ2) is 6.72. The molecule has 2 rings (SSSR count). The summed E-state index contributed by atoms with van der Waals surface area (Å²) in [7, 11) is -4.49. The Hall–Kier alpha value is -1.51. The minimum atomic E-state index is -4.49. The quantitative estimate of drug-likeness (QED) is 0.529. The number of hydrogen-bond donors (Lipinski definition) is 3. The maximum absolute atomic E-state index is 10.7. The third-order valence-electron chi connectivity index (χ3n) is 3.15. The van der Waals surface area contributed by atoms with Gasteiger partial charge in [0, 0.05) is 6.21 Å². The molecule has 0 radical (unpaired) electrons. The number of rotatable bonds is 6. The van der Waals surface area contributed by atoms with Crippen molar-refractivity contribution in [3.63, 3.8) is 0 Å². The van der Waals surface area contributed by atoms with Crippen LogP contribution in [0, 0.1) is 0 Å². The zero-order valence-corrected chi connectivity index (χ0v) is 13.0. The largest absolute Gasteiger partial charge is 0.469 e. The van der Waals surface area contributed by atoms with Crippen LogP contribution in [0.1, 0.15) is 31.7 Å². The van der Waals surface area contributed by atoms with E-state index in [4.69, 9.17) is 20.3 Å². The van der Waals surface area contributed by atoms with Gasteiger partial charge in [0.15, 0.2) is 5.82 Å². The van der Waals surface area contributed by atoms with Crippen molar-refractivity contribution in [2.45, 2.75) is 32.1 Å². The molecular weight excluding hydrogens is 311 g/mol. The van der Waals surface area contributed by atoms with E-state index < -0.39 is 13.9 Å². The second-order valence-corrected chi connectivity index (χ2v) is 6.05. The Morgan fingerprint density at radius 3 is 3.05 bits per heavy atom. The summed E-state index contributed by atoms with van der Waals surface area (Å²) in [5.41, 5.74) is 6.48. The van der Waals surface area contributed by atoms with Gasteiger partial charge in [0.2, 0.25) is 0 Å². The summed E-state index contributed by atoms with van der Waals surface area (Å²) in [6.07, 6.45) is 3.69. The lowest BCUT2D eigenvalue weighted by atomic mass is 10.2. The summed E-state index contributed by atoms with van der Waals surface area (Å²) >= 11 is 0. The molecule has 1 aromatic heterocycles. The molecule has 22 heavy (non-hydrogen) atoms. The number of aliphatic imine (C=N–C) groups is 1. The summed E-state index contributed by atoms with van der Waals surface area (Å²) in [6.45, 7) is 5.26. The molecule has 0 saturated carbocycles. The molecule has 9 nitrogen and oxygen atoms in total. The first-order chi connectivity index (χ1) is 10.3. The van der Waals surface area contributed by atoms with E-state index in [-0.39, 0.29) is 12.8 Å². The molecule has 1 aliphatic rings. The van der Waals surface area contributed by atoms with E-state index >= 15 is 0 Å². The summed E-state index contributed by atoms with van der Waals surface area (Å²) < 4.78 is 22.6. The molecule has 1 saturated heterocycles. The summed E-state index contributed by atoms with van der Waals surface area (Å²) in [4.78, 5) is 25.8. The summed E-state index contributed by atoms with van der Waals surface area (Å²) in [5, 5.41) is 0.